The van der Waals surface area contributed by atoms with Gasteiger partial charge in [-0.25, -0.2) is 0 Å². The first kappa shape index (κ1) is 37.1. The van der Waals surface area contributed by atoms with E-state index in [1.807, 2.05) is 6.07 Å². The van der Waals surface area contributed by atoms with E-state index < -0.39 is 5.41 Å². The van der Waals surface area contributed by atoms with E-state index in [0.29, 0.717) is 0 Å². The predicted octanol–water partition coefficient (Wildman–Crippen LogP) is 17.1. The molecule has 0 saturated carbocycles. The Kier molecular flexibility index (Phi) is 8.47. The monoisotopic (exact) mass is 827 g/mol. The van der Waals surface area contributed by atoms with Gasteiger partial charge in [0, 0.05) is 22.0 Å². The summed E-state index contributed by atoms with van der Waals surface area (Å²) >= 11 is 0. The third kappa shape index (κ3) is 5.81. The van der Waals surface area contributed by atoms with E-state index in [-0.39, 0.29) is 0 Å². The van der Waals surface area contributed by atoms with Crippen LogP contribution in [0.3, 0.4) is 0 Å². The van der Waals surface area contributed by atoms with Gasteiger partial charge in [-0.05, 0) is 120 Å². The van der Waals surface area contributed by atoms with E-state index in [0.717, 1.165) is 44.6 Å². The van der Waals surface area contributed by atoms with Gasteiger partial charge in [0.1, 0.15) is 5.58 Å². The van der Waals surface area contributed by atoms with Crippen molar-refractivity contribution >= 4 is 60.5 Å². The van der Waals surface area contributed by atoms with E-state index in [9.17, 15) is 0 Å². The fourth-order valence-electron chi connectivity index (χ4n) is 10.8. The standard InChI is InChI=1S/C63H41NO/c1-3-17-50(18-4-1)63(51-19-5-2-6-20-51)56-24-11-9-22-55(56)61-57(63)25-14-26-58(61)64(59-27-13-23-54-53-21-10-12-28-60(53)65-62(54)59)52-37-35-43(36-38-52)45-31-32-48-41-49(34-33-47(48)40-45)46-30-29-42-15-7-8-16-44(42)39-46/h1-41H. The number of hydrogen-bond donors (Lipinski definition) is 0. The molecule has 12 aromatic rings. The minimum atomic E-state index is -0.530. The maximum absolute atomic E-state index is 6.82. The maximum Gasteiger partial charge on any atom is 0.159 e. The quantitative estimate of drug-likeness (QED) is 0.159. The Balaban J connectivity index is 0.977. The van der Waals surface area contributed by atoms with Gasteiger partial charge in [0.05, 0.1) is 16.8 Å². The fourth-order valence-corrected chi connectivity index (χ4v) is 10.8. The summed E-state index contributed by atoms with van der Waals surface area (Å²) in [6.07, 6.45) is 0. The molecule has 1 aliphatic rings. The van der Waals surface area contributed by atoms with Gasteiger partial charge >= 0.3 is 0 Å². The molecule has 1 aliphatic carbocycles. The van der Waals surface area contributed by atoms with Crippen LogP contribution < -0.4 is 4.90 Å². The highest BCUT2D eigenvalue weighted by molar-refractivity contribution is 6.11. The summed E-state index contributed by atoms with van der Waals surface area (Å²) in [5, 5.41) is 7.15. The molecule has 0 amide bonds. The molecule has 2 heteroatoms. The number of fused-ring (bicyclic) bond motifs is 8. The molecule has 0 spiro atoms. The first-order valence-electron chi connectivity index (χ1n) is 22.4. The van der Waals surface area contributed by atoms with Crippen LogP contribution in [0.4, 0.5) is 17.1 Å². The number of nitrogens with zero attached hydrogens (tertiary/aromatic N) is 1. The van der Waals surface area contributed by atoms with Crippen LogP contribution in [0.5, 0.6) is 0 Å². The molecule has 0 radical (unpaired) electrons. The molecule has 0 bridgehead atoms. The Labute approximate surface area is 377 Å². The predicted molar refractivity (Wildman–Crippen MR) is 272 cm³/mol. The lowest BCUT2D eigenvalue weighted by atomic mass is 9.68. The molecule has 0 fully saturated rings. The number of hydrogen-bond acceptors (Lipinski definition) is 2. The second kappa shape index (κ2) is 14.8. The lowest BCUT2D eigenvalue weighted by molar-refractivity contribution is 0.669. The summed E-state index contributed by atoms with van der Waals surface area (Å²) in [5.74, 6) is 0. The molecular weight excluding hydrogens is 787 g/mol. The minimum Gasteiger partial charge on any atom is -0.454 e. The highest BCUT2D eigenvalue weighted by atomic mass is 16.3. The van der Waals surface area contributed by atoms with E-state index >= 15 is 0 Å². The molecule has 304 valence electrons. The molecule has 0 N–H and O–H groups in total. The van der Waals surface area contributed by atoms with Crippen molar-refractivity contribution in [3.05, 3.63) is 271 Å². The molecule has 2 nitrogen and oxygen atoms in total. The maximum atomic E-state index is 6.82. The second-order valence-electron chi connectivity index (χ2n) is 17.2. The zero-order chi connectivity index (χ0) is 42.9. The third-order valence-corrected chi connectivity index (χ3v) is 13.7. The van der Waals surface area contributed by atoms with Crippen LogP contribution in [-0.4, -0.2) is 0 Å². The summed E-state index contributed by atoms with van der Waals surface area (Å²) < 4.78 is 6.82. The van der Waals surface area contributed by atoms with Gasteiger partial charge in [-0.15, -0.1) is 0 Å². The first-order valence-corrected chi connectivity index (χ1v) is 22.4. The van der Waals surface area contributed by atoms with E-state index in [2.05, 4.69) is 248 Å². The SMILES string of the molecule is c1ccc(C2(c3ccccc3)c3ccccc3-c3c(N(c4ccc(-c5ccc6cc(-c7ccc8ccccc8c7)ccc6c5)cc4)c4cccc5c4oc4ccccc45)cccc32)cc1. The fraction of sp³-hybridized carbons (Fsp3) is 0.0159. The Morgan fingerprint density at radius 1 is 0.338 bits per heavy atom. The Morgan fingerprint density at radius 2 is 0.846 bits per heavy atom. The highest BCUT2D eigenvalue weighted by Crippen LogP contribution is 2.60. The van der Waals surface area contributed by atoms with Crippen molar-refractivity contribution in [2.75, 3.05) is 4.90 Å². The largest absolute Gasteiger partial charge is 0.454 e. The van der Waals surface area contributed by atoms with Crippen molar-refractivity contribution in [1.82, 2.24) is 0 Å². The van der Waals surface area contributed by atoms with Crippen molar-refractivity contribution < 1.29 is 4.42 Å². The molecule has 1 heterocycles. The number of furan rings is 1. The van der Waals surface area contributed by atoms with Crippen LogP contribution in [0.25, 0.3) is 76.9 Å². The topological polar surface area (TPSA) is 16.4 Å². The average Bonchev–Trinajstić information content (AvgIpc) is 3.92. The van der Waals surface area contributed by atoms with Gasteiger partial charge in [-0.3, -0.25) is 0 Å². The van der Waals surface area contributed by atoms with Crippen molar-refractivity contribution in [1.29, 1.82) is 0 Å². The number of anilines is 3. The summed E-state index contributed by atoms with van der Waals surface area (Å²) in [6, 6.07) is 90.8. The van der Waals surface area contributed by atoms with Crippen LogP contribution in [0.1, 0.15) is 22.3 Å². The van der Waals surface area contributed by atoms with Gasteiger partial charge < -0.3 is 9.32 Å². The van der Waals surface area contributed by atoms with E-state index in [1.165, 1.54) is 71.6 Å². The molecule has 13 rings (SSSR count). The summed E-state index contributed by atoms with van der Waals surface area (Å²) in [6.45, 7) is 0. The normalized spacial score (nSPS) is 12.7. The number of benzene rings is 11. The van der Waals surface area contributed by atoms with E-state index in [1.54, 1.807) is 0 Å². The van der Waals surface area contributed by atoms with Crippen molar-refractivity contribution in [3.8, 4) is 33.4 Å². The third-order valence-electron chi connectivity index (χ3n) is 13.7. The van der Waals surface area contributed by atoms with Crippen LogP contribution in [0, 0.1) is 0 Å². The Morgan fingerprint density at radius 3 is 1.57 bits per heavy atom. The molecule has 0 unspecified atom stereocenters. The van der Waals surface area contributed by atoms with Gasteiger partial charge in [0.25, 0.3) is 0 Å². The van der Waals surface area contributed by atoms with Gasteiger partial charge in [-0.1, -0.05) is 200 Å². The Hall–Kier alpha value is -8.46. The zero-order valence-electron chi connectivity index (χ0n) is 35.5. The summed E-state index contributed by atoms with van der Waals surface area (Å²) in [7, 11) is 0. The van der Waals surface area contributed by atoms with Crippen molar-refractivity contribution in [2.45, 2.75) is 5.41 Å². The molecule has 0 aliphatic heterocycles. The van der Waals surface area contributed by atoms with Crippen molar-refractivity contribution in [2.24, 2.45) is 0 Å². The second-order valence-corrected chi connectivity index (χ2v) is 17.2. The van der Waals surface area contributed by atoms with E-state index in [4.69, 9.17) is 4.42 Å². The van der Waals surface area contributed by atoms with Crippen LogP contribution >= 0.6 is 0 Å². The molecule has 65 heavy (non-hydrogen) atoms. The van der Waals surface area contributed by atoms with Crippen LogP contribution in [-0.2, 0) is 5.41 Å². The molecule has 0 saturated heterocycles. The summed E-state index contributed by atoms with van der Waals surface area (Å²) in [5.41, 5.74) is 16.6. The molecule has 1 aromatic heterocycles. The number of para-hydroxylation sites is 2. The molecule has 0 atom stereocenters. The van der Waals surface area contributed by atoms with Gasteiger partial charge in [0.15, 0.2) is 5.58 Å². The van der Waals surface area contributed by atoms with Crippen LogP contribution in [0.15, 0.2) is 253 Å². The van der Waals surface area contributed by atoms with Gasteiger partial charge in [0.2, 0.25) is 0 Å². The van der Waals surface area contributed by atoms with Gasteiger partial charge in [-0.2, -0.15) is 0 Å². The van der Waals surface area contributed by atoms with Crippen LogP contribution in [0.2, 0.25) is 0 Å². The smallest absolute Gasteiger partial charge is 0.159 e. The number of rotatable bonds is 7. The first-order chi connectivity index (χ1) is 32.2. The highest BCUT2D eigenvalue weighted by Gasteiger charge is 2.47. The zero-order valence-corrected chi connectivity index (χ0v) is 35.5. The van der Waals surface area contributed by atoms with Crippen molar-refractivity contribution in [3.63, 3.8) is 0 Å². The lowest BCUT2D eigenvalue weighted by Crippen LogP contribution is -2.28. The minimum absolute atomic E-state index is 0.530. The summed E-state index contributed by atoms with van der Waals surface area (Å²) in [4.78, 5) is 2.42. The Bertz CT molecular complexity index is 3730. The molecule has 11 aromatic carbocycles. The molecular formula is C63H41NO. The lowest BCUT2D eigenvalue weighted by Gasteiger charge is -2.34. The average molecular weight is 828 g/mol.